The average molecular weight is 401 g/mol. The molecule has 0 saturated carbocycles. The van der Waals surface area contributed by atoms with Crippen LogP contribution in [0.3, 0.4) is 0 Å². The van der Waals surface area contributed by atoms with Crippen LogP contribution in [0, 0.1) is 13.8 Å². The Morgan fingerprint density at radius 1 is 1.14 bits per heavy atom. The van der Waals surface area contributed by atoms with Crippen molar-refractivity contribution in [3.63, 3.8) is 0 Å². The van der Waals surface area contributed by atoms with Gasteiger partial charge in [-0.1, -0.05) is 35.9 Å². The molecule has 0 saturated heterocycles. The number of carbonyl (C=O) groups is 2. The minimum atomic E-state index is -3.82. The molecule has 1 heterocycles. The molecule has 0 radical (unpaired) electrons. The van der Waals surface area contributed by atoms with Crippen LogP contribution < -0.4 is 5.32 Å². The number of hydrogen-bond donors (Lipinski definition) is 1. The second-order valence-corrected chi connectivity index (χ2v) is 8.96. The summed E-state index contributed by atoms with van der Waals surface area (Å²) in [6, 6.07) is 12.1. The first-order valence-electron chi connectivity index (χ1n) is 9.24. The lowest BCUT2D eigenvalue weighted by atomic mass is 10.00. The summed E-state index contributed by atoms with van der Waals surface area (Å²) < 4.78 is 25.9. The van der Waals surface area contributed by atoms with E-state index >= 15 is 0 Å². The number of rotatable bonds is 6. The van der Waals surface area contributed by atoms with Gasteiger partial charge in [-0.15, -0.1) is 0 Å². The largest absolute Gasteiger partial charge is 0.350 e. The average Bonchev–Trinajstić information content (AvgIpc) is 2.82. The smallest absolute Gasteiger partial charge is 0.269 e. The zero-order chi connectivity index (χ0) is 20.5. The molecule has 1 atom stereocenters. The fraction of sp³-hybridized carbons (Fsp3) is 0.333. The van der Waals surface area contributed by atoms with Crippen molar-refractivity contribution in [1.82, 2.24) is 9.62 Å². The fourth-order valence-electron chi connectivity index (χ4n) is 3.54. The zero-order valence-electron chi connectivity index (χ0n) is 16.2. The molecule has 2 aromatic carbocycles. The zero-order valence-corrected chi connectivity index (χ0v) is 17.0. The van der Waals surface area contributed by atoms with E-state index in [4.69, 9.17) is 0 Å². The highest BCUT2D eigenvalue weighted by Crippen LogP contribution is 2.30. The van der Waals surface area contributed by atoms with Crippen LogP contribution in [0.5, 0.6) is 0 Å². The lowest BCUT2D eigenvalue weighted by Gasteiger charge is -2.18. The Kier molecular flexibility index (Phi) is 5.56. The molecule has 0 aliphatic carbocycles. The Hall–Kier alpha value is -2.67. The van der Waals surface area contributed by atoms with Crippen LogP contribution in [0.25, 0.3) is 0 Å². The molecule has 2 aromatic rings. The quantitative estimate of drug-likeness (QED) is 0.808. The molecule has 0 aromatic heterocycles. The molecule has 1 N–H and O–H groups in total. The predicted octanol–water partition coefficient (Wildman–Crippen LogP) is 3.11. The lowest BCUT2D eigenvalue weighted by Crippen LogP contribution is -2.32. The van der Waals surface area contributed by atoms with Gasteiger partial charge in [0.2, 0.25) is 5.91 Å². The van der Waals surface area contributed by atoms with Gasteiger partial charge in [0, 0.05) is 13.0 Å². The first-order chi connectivity index (χ1) is 13.2. The van der Waals surface area contributed by atoms with Gasteiger partial charge in [0.25, 0.3) is 15.9 Å². The van der Waals surface area contributed by atoms with Crippen molar-refractivity contribution in [2.75, 3.05) is 6.54 Å². The number of amides is 2. The molecule has 1 aliphatic rings. The van der Waals surface area contributed by atoms with Crippen molar-refractivity contribution >= 4 is 21.8 Å². The Morgan fingerprint density at radius 3 is 2.54 bits per heavy atom. The molecule has 28 heavy (non-hydrogen) atoms. The molecule has 3 rings (SSSR count). The van der Waals surface area contributed by atoms with Crippen LogP contribution in [-0.2, 0) is 14.8 Å². The van der Waals surface area contributed by atoms with Gasteiger partial charge in [-0.2, -0.15) is 0 Å². The van der Waals surface area contributed by atoms with E-state index in [0.717, 1.165) is 21.0 Å². The van der Waals surface area contributed by atoms with Crippen LogP contribution in [-0.4, -0.2) is 31.1 Å². The van der Waals surface area contributed by atoms with Crippen molar-refractivity contribution in [3.05, 3.63) is 64.7 Å². The monoisotopic (exact) mass is 400 g/mol. The number of nitrogens with one attached hydrogen (secondary N) is 1. The third-order valence-electron chi connectivity index (χ3n) is 4.95. The van der Waals surface area contributed by atoms with Gasteiger partial charge in [-0.3, -0.25) is 9.59 Å². The van der Waals surface area contributed by atoms with Gasteiger partial charge in [-0.05, 0) is 50.5 Å². The lowest BCUT2D eigenvalue weighted by molar-refractivity contribution is -0.121. The second-order valence-electron chi connectivity index (χ2n) is 7.13. The Bertz CT molecular complexity index is 1030. The number of hydrogen-bond acceptors (Lipinski definition) is 4. The molecule has 0 fully saturated rings. The summed E-state index contributed by atoms with van der Waals surface area (Å²) in [6.07, 6.45) is 0.412. The maximum Gasteiger partial charge on any atom is 0.269 e. The summed E-state index contributed by atoms with van der Waals surface area (Å²) in [5, 5.41) is 2.94. The molecule has 1 aliphatic heterocycles. The summed E-state index contributed by atoms with van der Waals surface area (Å²) in [5.41, 5.74) is 3.51. The van der Waals surface area contributed by atoms with Crippen molar-refractivity contribution in [1.29, 1.82) is 0 Å². The van der Waals surface area contributed by atoms with Crippen LogP contribution in [0.4, 0.5) is 0 Å². The van der Waals surface area contributed by atoms with Gasteiger partial charge < -0.3 is 5.32 Å². The predicted molar refractivity (Wildman–Crippen MR) is 106 cm³/mol. The second kappa shape index (κ2) is 7.75. The van der Waals surface area contributed by atoms with Gasteiger partial charge in [0.1, 0.15) is 4.90 Å². The Labute approximate surface area is 165 Å². The third-order valence-corrected chi connectivity index (χ3v) is 6.79. The minimum absolute atomic E-state index is 0.0127. The number of carbonyl (C=O) groups excluding carboxylic acids is 2. The van der Waals surface area contributed by atoms with E-state index in [0.29, 0.717) is 0 Å². The molecule has 2 amide bonds. The number of aryl methyl sites for hydroxylation is 2. The number of sulfonamides is 1. The van der Waals surface area contributed by atoms with Gasteiger partial charge >= 0.3 is 0 Å². The highest BCUT2D eigenvalue weighted by molar-refractivity contribution is 7.90. The maximum absolute atomic E-state index is 12.5. The van der Waals surface area contributed by atoms with E-state index in [1.807, 2.05) is 32.9 Å². The topological polar surface area (TPSA) is 83.6 Å². The van der Waals surface area contributed by atoms with E-state index < -0.39 is 15.9 Å². The molecule has 1 unspecified atom stereocenters. The van der Waals surface area contributed by atoms with Crippen molar-refractivity contribution in [2.24, 2.45) is 0 Å². The highest BCUT2D eigenvalue weighted by atomic mass is 32.2. The molecule has 6 nitrogen and oxygen atoms in total. The number of nitrogens with zero attached hydrogens (tertiary/aromatic N) is 1. The fourth-order valence-corrected chi connectivity index (χ4v) is 5.15. The standard InChI is InChI=1S/C21H24N2O4S/c1-14-10-11-17(15(2)13-14)16(3)22-20(24)9-6-12-23-21(25)18-7-4-5-8-19(18)28(23,26)27/h4-5,7-8,10-11,13,16H,6,9,12H2,1-3H3,(H,22,24). The van der Waals surface area contributed by atoms with E-state index in [9.17, 15) is 18.0 Å². The summed E-state index contributed by atoms with van der Waals surface area (Å²) in [6.45, 7) is 5.93. The Morgan fingerprint density at radius 2 is 1.86 bits per heavy atom. The Balaban J connectivity index is 1.57. The van der Waals surface area contributed by atoms with Crippen LogP contribution in [0.1, 0.15) is 52.9 Å². The third kappa shape index (κ3) is 3.80. The molecule has 0 spiro atoms. The van der Waals surface area contributed by atoms with Crippen LogP contribution in [0.2, 0.25) is 0 Å². The van der Waals surface area contributed by atoms with E-state index in [2.05, 4.69) is 11.4 Å². The van der Waals surface area contributed by atoms with Crippen molar-refractivity contribution in [3.8, 4) is 0 Å². The summed E-state index contributed by atoms with van der Waals surface area (Å²) in [4.78, 5) is 24.7. The first-order valence-corrected chi connectivity index (χ1v) is 10.7. The summed E-state index contributed by atoms with van der Waals surface area (Å²) in [5.74, 6) is -0.700. The summed E-state index contributed by atoms with van der Waals surface area (Å²) >= 11 is 0. The van der Waals surface area contributed by atoms with Gasteiger partial charge in [0.05, 0.1) is 11.6 Å². The van der Waals surface area contributed by atoms with Crippen molar-refractivity contribution < 1.29 is 18.0 Å². The molecular formula is C21H24N2O4S. The number of fused-ring (bicyclic) bond motifs is 1. The van der Waals surface area contributed by atoms with Gasteiger partial charge in [-0.25, -0.2) is 12.7 Å². The van der Waals surface area contributed by atoms with Crippen LogP contribution in [0.15, 0.2) is 47.4 Å². The van der Waals surface area contributed by atoms with Gasteiger partial charge in [0.15, 0.2) is 0 Å². The minimum Gasteiger partial charge on any atom is -0.350 e. The summed E-state index contributed by atoms with van der Waals surface area (Å²) in [7, 11) is -3.82. The first kappa shape index (κ1) is 20.1. The molecule has 148 valence electrons. The normalized spacial score (nSPS) is 16.0. The van der Waals surface area contributed by atoms with E-state index in [1.54, 1.807) is 12.1 Å². The van der Waals surface area contributed by atoms with Crippen LogP contribution >= 0.6 is 0 Å². The van der Waals surface area contributed by atoms with E-state index in [-0.39, 0.29) is 41.8 Å². The highest BCUT2D eigenvalue weighted by Gasteiger charge is 2.40. The van der Waals surface area contributed by atoms with E-state index in [1.165, 1.54) is 12.1 Å². The maximum atomic E-state index is 12.5. The number of benzene rings is 2. The SMILES string of the molecule is Cc1ccc(C(C)NC(=O)CCCN2C(=O)c3ccccc3S2(=O)=O)c(C)c1. The molecule has 0 bridgehead atoms. The molecule has 7 heteroatoms. The molecular weight excluding hydrogens is 376 g/mol. The van der Waals surface area contributed by atoms with Crippen molar-refractivity contribution in [2.45, 2.75) is 44.6 Å².